The van der Waals surface area contributed by atoms with Crippen LogP contribution in [0.2, 0.25) is 0 Å². The molecule has 0 unspecified atom stereocenters. The van der Waals surface area contributed by atoms with Crippen LogP contribution in [0.15, 0.2) is 30.9 Å². The zero-order valence-electron chi connectivity index (χ0n) is 14.5. The molecular weight excluding hydrogens is 316 g/mol. The van der Waals surface area contributed by atoms with Crippen LogP contribution >= 0.6 is 0 Å². The highest BCUT2D eigenvalue weighted by Crippen LogP contribution is 2.16. The largest absolute Gasteiger partial charge is 0.347 e. The molecule has 0 aromatic carbocycles. The molecule has 1 aliphatic rings. The maximum absolute atomic E-state index is 12.6. The van der Waals surface area contributed by atoms with E-state index in [1.54, 1.807) is 12.4 Å². The Morgan fingerprint density at radius 2 is 2.24 bits per heavy atom. The monoisotopic (exact) mass is 338 g/mol. The number of rotatable bonds is 4. The molecule has 0 spiro atoms. The second kappa shape index (κ2) is 6.31. The van der Waals surface area contributed by atoms with Gasteiger partial charge in [-0.25, -0.2) is 14.6 Å². The van der Waals surface area contributed by atoms with Gasteiger partial charge in [-0.3, -0.25) is 4.79 Å². The van der Waals surface area contributed by atoms with Gasteiger partial charge in [-0.1, -0.05) is 13.8 Å². The SMILES string of the molecule is CC(C)Cn1ncc2cc(C(=O)N[C@@H]3CCc4nccn4C3)cnc21. The van der Waals surface area contributed by atoms with Gasteiger partial charge in [-0.2, -0.15) is 5.10 Å². The minimum Gasteiger partial charge on any atom is -0.347 e. The second-order valence-corrected chi connectivity index (χ2v) is 7.06. The lowest BCUT2D eigenvalue weighted by Gasteiger charge is -2.24. The smallest absolute Gasteiger partial charge is 0.253 e. The first-order valence-corrected chi connectivity index (χ1v) is 8.72. The first kappa shape index (κ1) is 15.8. The number of nitrogens with one attached hydrogen (secondary N) is 1. The summed E-state index contributed by atoms with van der Waals surface area (Å²) in [6.07, 6.45) is 8.99. The number of fused-ring (bicyclic) bond motifs is 2. The molecule has 7 heteroatoms. The minimum atomic E-state index is -0.0837. The predicted molar refractivity (Wildman–Crippen MR) is 94.2 cm³/mol. The molecule has 0 saturated heterocycles. The van der Waals surface area contributed by atoms with Crippen molar-refractivity contribution in [3.8, 4) is 0 Å². The van der Waals surface area contributed by atoms with Crippen LogP contribution in [0.3, 0.4) is 0 Å². The van der Waals surface area contributed by atoms with Gasteiger partial charge in [-0.15, -0.1) is 0 Å². The van der Waals surface area contributed by atoms with Crippen molar-refractivity contribution in [3.63, 3.8) is 0 Å². The van der Waals surface area contributed by atoms with Gasteiger partial charge < -0.3 is 9.88 Å². The minimum absolute atomic E-state index is 0.0837. The van der Waals surface area contributed by atoms with E-state index >= 15 is 0 Å². The van der Waals surface area contributed by atoms with Gasteiger partial charge in [0, 0.05) is 49.5 Å². The summed E-state index contributed by atoms with van der Waals surface area (Å²) in [6, 6.07) is 1.99. The average Bonchev–Trinajstić information content (AvgIpc) is 3.20. The Morgan fingerprint density at radius 1 is 1.36 bits per heavy atom. The summed E-state index contributed by atoms with van der Waals surface area (Å²) in [5.74, 6) is 1.50. The summed E-state index contributed by atoms with van der Waals surface area (Å²) in [5, 5.41) is 8.39. The molecule has 1 amide bonds. The molecule has 4 rings (SSSR count). The van der Waals surface area contributed by atoms with Gasteiger partial charge in [0.15, 0.2) is 5.65 Å². The maximum Gasteiger partial charge on any atom is 0.253 e. The highest BCUT2D eigenvalue weighted by atomic mass is 16.1. The van der Waals surface area contributed by atoms with E-state index in [2.05, 4.69) is 38.8 Å². The van der Waals surface area contributed by atoms with Crippen LogP contribution in [-0.2, 0) is 19.5 Å². The molecule has 130 valence electrons. The van der Waals surface area contributed by atoms with Crippen molar-refractivity contribution in [1.29, 1.82) is 0 Å². The Bertz CT molecular complexity index is 909. The second-order valence-electron chi connectivity index (χ2n) is 7.06. The number of imidazole rings is 1. The van der Waals surface area contributed by atoms with Crippen molar-refractivity contribution in [2.45, 2.75) is 45.8 Å². The molecule has 0 fully saturated rings. The highest BCUT2D eigenvalue weighted by Gasteiger charge is 2.21. The van der Waals surface area contributed by atoms with E-state index in [1.165, 1.54) is 0 Å². The fraction of sp³-hybridized carbons (Fsp3) is 0.444. The zero-order chi connectivity index (χ0) is 17.4. The first-order chi connectivity index (χ1) is 12.1. The number of aromatic nitrogens is 5. The van der Waals surface area contributed by atoms with Gasteiger partial charge in [0.2, 0.25) is 0 Å². The third-order valence-electron chi connectivity index (χ3n) is 4.55. The van der Waals surface area contributed by atoms with E-state index in [0.717, 1.165) is 42.8 Å². The quantitative estimate of drug-likeness (QED) is 0.789. The van der Waals surface area contributed by atoms with Gasteiger partial charge in [0.1, 0.15) is 5.82 Å². The fourth-order valence-corrected chi connectivity index (χ4v) is 3.33. The van der Waals surface area contributed by atoms with Crippen LogP contribution < -0.4 is 5.32 Å². The van der Waals surface area contributed by atoms with E-state index < -0.39 is 0 Å². The lowest BCUT2D eigenvalue weighted by molar-refractivity contribution is 0.0927. The lowest BCUT2D eigenvalue weighted by Crippen LogP contribution is -2.40. The normalized spacial score (nSPS) is 17.0. The average molecular weight is 338 g/mol. The van der Waals surface area contributed by atoms with E-state index in [-0.39, 0.29) is 11.9 Å². The number of aryl methyl sites for hydroxylation is 1. The number of nitrogens with zero attached hydrogens (tertiary/aromatic N) is 5. The number of pyridine rings is 1. The molecular formula is C18H22N6O. The van der Waals surface area contributed by atoms with Gasteiger partial charge in [-0.05, 0) is 18.4 Å². The standard InChI is InChI=1S/C18H22N6O/c1-12(2)10-24-17-13(9-21-24)7-14(8-20-17)18(25)22-15-3-4-16-19-5-6-23(16)11-15/h5-9,12,15H,3-4,10-11H2,1-2H3,(H,22,25)/t15-/m1/s1. The van der Waals surface area contributed by atoms with E-state index in [0.29, 0.717) is 11.5 Å². The molecule has 1 atom stereocenters. The van der Waals surface area contributed by atoms with Gasteiger partial charge in [0.25, 0.3) is 5.91 Å². The third kappa shape index (κ3) is 3.14. The topological polar surface area (TPSA) is 77.6 Å². The maximum atomic E-state index is 12.6. The van der Waals surface area contributed by atoms with Gasteiger partial charge >= 0.3 is 0 Å². The Labute approximate surface area is 146 Å². The van der Waals surface area contributed by atoms with Crippen LogP contribution in [0.25, 0.3) is 11.0 Å². The fourth-order valence-electron chi connectivity index (χ4n) is 3.33. The number of hydrogen-bond donors (Lipinski definition) is 1. The van der Waals surface area contributed by atoms with Crippen LogP contribution in [0.4, 0.5) is 0 Å². The number of carbonyl (C=O) groups excluding carboxylic acids is 1. The molecule has 25 heavy (non-hydrogen) atoms. The van der Waals surface area contributed by atoms with Crippen LogP contribution in [0.1, 0.15) is 36.5 Å². The Balaban J connectivity index is 1.49. The highest BCUT2D eigenvalue weighted by molar-refractivity contribution is 5.96. The predicted octanol–water partition coefficient (Wildman–Crippen LogP) is 2.03. The summed E-state index contributed by atoms with van der Waals surface area (Å²) in [6.45, 7) is 5.87. The van der Waals surface area contributed by atoms with Crippen molar-refractivity contribution in [2.24, 2.45) is 5.92 Å². The van der Waals surface area contributed by atoms with E-state index in [9.17, 15) is 4.79 Å². The summed E-state index contributed by atoms with van der Waals surface area (Å²) >= 11 is 0. The van der Waals surface area contributed by atoms with Crippen LogP contribution in [0, 0.1) is 5.92 Å². The molecule has 3 aromatic heterocycles. The van der Waals surface area contributed by atoms with Crippen molar-refractivity contribution >= 4 is 16.9 Å². The molecule has 0 saturated carbocycles. The molecule has 4 heterocycles. The van der Waals surface area contributed by atoms with Crippen molar-refractivity contribution in [1.82, 2.24) is 29.6 Å². The molecule has 1 N–H and O–H groups in total. The first-order valence-electron chi connectivity index (χ1n) is 8.72. The zero-order valence-corrected chi connectivity index (χ0v) is 14.5. The summed E-state index contributed by atoms with van der Waals surface area (Å²) in [4.78, 5) is 21.4. The lowest BCUT2D eigenvalue weighted by atomic mass is 10.1. The number of amides is 1. The molecule has 0 bridgehead atoms. The third-order valence-corrected chi connectivity index (χ3v) is 4.55. The van der Waals surface area contributed by atoms with Crippen LogP contribution in [-0.4, -0.2) is 36.3 Å². The molecule has 7 nitrogen and oxygen atoms in total. The summed E-state index contributed by atoms with van der Waals surface area (Å²) < 4.78 is 4.00. The van der Waals surface area contributed by atoms with E-state index in [4.69, 9.17) is 0 Å². The number of hydrogen-bond acceptors (Lipinski definition) is 4. The van der Waals surface area contributed by atoms with Crippen molar-refractivity contribution in [2.75, 3.05) is 0 Å². The molecule has 0 radical (unpaired) electrons. The molecule has 3 aromatic rings. The molecule has 1 aliphatic heterocycles. The summed E-state index contributed by atoms with van der Waals surface area (Å²) in [7, 11) is 0. The Morgan fingerprint density at radius 3 is 3.08 bits per heavy atom. The van der Waals surface area contributed by atoms with Gasteiger partial charge in [0.05, 0.1) is 11.8 Å². The summed E-state index contributed by atoms with van der Waals surface area (Å²) in [5.41, 5.74) is 1.40. The Kier molecular flexibility index (Phi) is 3.99. The van der Waals surface area contributed by atoms with Crippen molar-refractivity contribution < 1.29 is 4.79 Å². The number of carbonyl (C=O) groups is 1. The van der Waals surface area contributed by atoms with Crippen molar-refractivity contribution in [3.05, 3.63) is 42.2 Å². The van der Waals surface area contributed by atoms with E-state index in [1.807, 2.05) is 23.1 Å². The van der Waals surface area contributed by atoms with Crippen LogP contribution in [0.5, 0.6) is 0 Å². The molecule has 0 aliphatic carbocycles. The Hall–Kier alpha value is -2.70.